The lowest BCUT2D eigenvalue weighted by Gasteiger charge is -2.12. The first-order valence-corrected chi connectivity index (χ1v) is 10.4. The van der Waals surface area contributed by atoms with Gasteiger partial charge in [-0.25, -0.2) is 0 Å². The lowest BCUT2D eigenvalue weighted by atomic mass is 9.97. The summed E-state index contributed by atoms with van der Waals surface area (Å²) in [5.74, 6) is 0. The van der Waals surface area contributed by atoms with Gasteiger partial charge in [-0.05, 0) is 50.5 Å². The zero-order chi connectivity index (χ0) is 18.0. The summed E-state index contributed by atoms with van der Waals surface area (Å²) < 4.78 is 0. The van der Waals surface area contributed by atoms with Gasteiger partial charge in [-0.15, -0.1) is 0 Å². The van der Waals surface area contributed by atoms with Gasteiger partial charge in [0.05, 0.1) is 5.71 Å². The van der Waals surface area contributed by atoms with E-state index in [9.17, 15) is 0 Å². The maximum Gasteiger partial charge on any atom is 0.290 e. The van der Waals surface area contributed by atoms with Gasteiger partial charge in [-0.2, -0.15) is 5.10 Å². The highest BCUT2D eigenvalue weighted by molar-refractivity contribution is 5.99. The molecule has 25 heavy (non-hydrogen) atoms. The number of carboxylic acid groups (broad SMARTS) is 1. The second kappa shape index (κ2) is 16.2. The molecule has 0 aromatic heterocycles. The molecule has 0 aromatic carbocycles. The molecule has 1 aliphatic carbocycles. The number of allylic oxidation sites excluding steroid dienone is 2. The van der Waals surface area contributed by atoms with Crippen LogP contribution in [0.4, 0.5) is 0 Å². The minimum Gasteiger partial charge on any atom is -0.483 e. The van der Waals surface area contributed by atoms with Crippen LogP contribution in [0.25, 0.3) is 0 Å². The molecule has 1 heterocycles. The predicted octanol–water partition coefficient (Wildman–Crippen LogP) is 5.83. The van der Waals surface area contributed by atoms with Crippen molar-refractivity contribution in [3.63, 3.8) is 0 Å². The van der Waals surface area contributed by atoms with Crippen molar-refractivity contribution in [2.45, 2.75) is 103 Å². The summed E-state index contributed by atoms with van der Waals surface area (Å²) >= 11 is 0. The van der Waals surface area contributed by atoms with Crippen molar-refractivity contribution in [3.8, 4) is 0 Å². The number of rotatable bonds is 1. The Labute approximate surface area is 154 Å². The van der Waals surface area contributed by atoms with E-state index in [1.54, 1.807) is 5.57 Å². The van der Waals surface area contributed by atoms with Gasteiger partial charge in [0.15, 0.2) is 0 Å². The fraction of sp³-hybridized carbons (Fsp3) is 0.810. The fourth-order valence-corrected chi connectivity index (χ4v) is 3.63. The van der Waals surface area contributed by atoms with Crippen LogP contribution in [0.1, 0.15) is 103 Å². The molecule has 0 spiro atoms. The van der Waals surface area contributed by atoms with E-state index < -0.39 is 0 Å². The summed E-state index contributed by atoms with van der Waals surface area (Å²) in [5, 5.41) is 11.7. The van der Waals surface area contributed by atoms with Gasteiger partial charge in [0.2, 0.25) is 0 Å². The van der Waals surface area contributed by atoms with Crippen LogP contribution in [0.15, 0.2) is 16.8 Å². The first-order valence-electron chi connectivity index (χ1n) is 10.4. The predicted molar refractivity (Wildman–Crippen MR) is 106 cm³/mol. The molecule has 0 saturated heterocycles. The molecule has 144 valence electrons. The Morgan fingerprint density at radius 3 is 2.00 bits per heavy atom. The Hall–Kier alpha value is -1.32. The van der Waals surface area contributed by atoms with Gasteiger partial charge >= 0.3 is 0 Å². The Morgan fingerprint density at radius 1 is 0.800 bits per heavy atom. The first kappa shape index (κ1) is 21.7. The molecular weight excluding hydrogens is 312 g/mol. The molecule has 2 N–H and O–H groups in total. The van der Waals surface area contributed by atoms with E-state index in [2.05, 4.69) is 11.5 Å². The molecule has 0 aromatic rings. The number of nitrogens with one attached hydrogen (secondary N) is 1. The largest absolute Gasteiger partial charge is 0.483 e. The number of hydrogen-bond donors (Lipinski definition) is 2. The summed E-state index contributed by atoms with van der Waals surface area (Å²) in [5.41, 5.74) is 6.29. The minimum atomic E-state index is -0.250. The molecule has 0 atom stereocenters. The van der Waals surface area contributed by atoms with Gasteiger partial charge in [0.25, 0.3) is 6.47 Å². The molecule has 0 fully saturated rings. The second-order valence-electron chi connectivity index (χ2n) is 7.19. The van der Waals surface area contributed by atoms with Crippen molar-refractivity contribution in [1.29, 1.82) is 0 Å². The highest BCUT2D eigenvalue weighted by Gasteiger charge is 2.09. The van der Waals surface area contributed by atoms with Gasteiger partial charge in [-0.1, -0.05) is 63.9 Å². The molecule has 2 aliphatic rings. The normalized spacial score (nSPS) is 21.6. The number of hydrazone groups is 1. The lowest BCUT2D eigenvalue weighted by Crippen LogP contribution is -2.14. The summed E-state index contributed by atoms with van der Waals surface area (Å²) in [7, 11) is 0. The van der Waals surface area contributed by atoms with Gasteiger partial charge in [0.1, 0.15) is 0 Å². The van der Waals surface area contributed by atoms with E-state index in [-0.39, 0.29) is 6.47 Å². The molecule has 4 heteroatoms. The van der Waals surface area contributed by atoms with Crippen LogP contribution in [-0.4, -0.2) is 23.8 Å². The molecule has 0 unspecified atom stereocenters. The third-order valence-corrected chi connectivity index (χ3v) is 5.08. The zero-order valence-electron chi connectivity index (χ0n) is 16.0. The van der Waals surface area contributed by atoms with Crippen molar-refractivity contribution in [1.82, 2.24) is 5.43 Å². The molecule has 0 bridgehead atoms. The molecular formula is C21H38N2O2. The molecule has 0 saturated carbocycles. The zero-order valence-corrected chi connectivity index (χ0v) is 16.0. The minimum absolute atomic E-state index is 0.250. The Kier molecular flexibility index (Phi) is 14.0. The highest BCUT2D eigenvalue weighted by atomic mass is 16.3. The van der Waals surface area contributed by atoms with Gasteiger partial charge in [0, 0.05) is 6.54 Å². The first-order chi connectivity index (χ1) is 12.4. The van der Waals surface area contributed by atoms with E-state index in [4.69, 9.17) is 15.0 Å². The van der Waals surface area contributed by atoms with E-state index in [0.717, 1.165) is 6.54 Å². The monoisotopic (exact) mass is 350 g/mol. The summed E-state index contributed by atoms with van der Waals surface area (Å²) in [6.45, 7) is 0.802. The van der Waals surface area contributed by atoms with Crippen LogP contribution in [-0.2, 0) is 4.79 Å². The van der Waals surface area contributed by atoms with Crippen molar-refractivity contribution >= 4 is 12.2 Å². The molecule has 4 nitrogen and oxygen atoms in total. The molecule has 0 radical (unpaired) electrons. The summed E-state index contributed by atoms with van der Waals surface area (Å²) in [4.78, 5) is 8.36. The van der Waals surface area contributed by atoms with Crippen LogP contribution in [0.5, 0.6) is 0 Å². The van der Waals surface area contributed by atoms with Crippen LogP contribution >= 0.6 is 0 Å². The quantitative estimate of drug-likeness (QED) is 0.585. The Balaban J connectivity index is 0.000000970. The fourth-order valence-electron chi connectivity index (χ4n) is 3.63. The number of nitrogens with zero attached hydrogens (tertiary/aromatic N) is 1. The number of carbonyl (C=O) groups is 1. The summed E-state index contributed by atoms with van der Waals surface area (Å²) in [6, 6.07) is 0. The van der Waals surface area contributed by atoms with Crippen molar-refractivity contribution in [2.75, 3.05) is 6.54 Å². The smallest absolute Gasteiger partial charge is 0.290 e. The van der Waals surface area contributed by atoms with Crippen molar-refractivity contribution in [2.24, 2.45) is 5.10 Å². The van der Waals surface area contributed by atoms with E-state index in [0.29, 0.717) is 0 Å². The molecule has 0 amide bonds. The lowest BCUT2D eigenvalue weighted by molar-refractivity contribution is -0.122. The van der Waals surface area contributed by atoms with Crippen LogP contribution in [0.3, 0.4) is 0 Å². The van der Waals surface area contributed by atoms with E-state index >= 15 is 0 Å². The van der Waals surface area contributed by atoms with Gasteiger partial charge < -0.3 is 10.5 Å². The number of hydrogen-bond acceptors (Lipinski definition) is 3. The second-order valence-corrected chi connectivity index (χ2v) is 7.19. The van der Waals surface area contributed by atoms with E-state index in [1.807, 2.05) is 0 Å². The SMILES string of the molecule is C1=C(C2=NNCCCCCCCC2)CCCCCCCCC1.O=CO. The average Bonchev–Trinajstić information content (AvgIpc) is 2.72. The van der Waals surface area contributed by atoms with Crippen molar-refractivity contribution in [3.05, 3.63) is 11.6 Å². The average molecular weight is 351 g/mol. The highest BCUT2D eigenvalue weighted by Crippen LogP contribution is 2.20. The molecule has 2 rings (SSSR count). The van der Waals surface area contributed by atoms with Crippen LogP contribution in [0, 0.1) is 0 Å². The Morgan fingerprint density at radius 2 is 1.32 bits per heavy atom. The third kappa shape index (κ3) is 11.8. The maximum absolute atomic E-state index is 8.36. The third-order valence-electron chi connectivity index (χ3n) is 5.08. The topological polar surface area (TPSA) is 61.7 Å². The standard InChI is InChI=1S/C20H36N2.CH2O2/c1-2-4-8-12-16-19(15-11-7-3-1)20-17-13-9-5-6-10-14-18-21-22-20;2-1-3/h15,21H,1-14,16-18H2;1H,(H,2,3). The van der Waals surface area contributed by atoms with Crippen LogP contribution < -0.4 is 5.43 Å². The van der Waals surface area contributed by atoms with Crippen LogP contribution in [0.2, 0.25) is 0 Å². The maximum atomic E-state index is 8.36. The van der Waals surface area contributed by atoms with Crippen molar-refractivity contribution < 1.29 is 9.90 Å². The van der Waals surface area contributed by atoms with Gasteiger partial charge in [-0.3, -0.25) is 4.79 Å². The summed E-state index contributed by atoms with van der Waals surface area (Å²) in [6.07, 6.45) is 24.2. The van der Waals surface area contributed by atoms with E-state index in [1.165, 1.54) is 108 Å². The molecule has 1 aliphatic heterocycles. The Bertz CT molecular complexity index is 357.